The summed E-state index contributed by atoms with van der Waals surface area (Å²) < 4.78 is 1.64. The van der Waals surface area contributed by atoms with E-state index in [4.69, 9.17) is 28.5 Å². The molecule has 86 valence electrons. The molecule has 2 aromatic rings. The van der Waals surface area contributed by atoms with Gasteiger partial charge in [0.1, 0.15) is 6.07 Å². The van der Waals surface area contributed by atoms with Crippen LogP contribution in [0.3, 0.4) is 0 Å². The van der Waals surface area contributed by atoms with E-state index < -0.39 is 0 Å². The van der Waals surface area contributed by atoms with Gasteiger partial charge in [0, 0.05) is 0 Å². The first-order chi connectivity index (χ1) is 8.06. The fourth-order valence-corrected chi connectivity index (χ4v) is 1.99. The summed E-state index contributed by atoms with van der Waals surface area (Å²) in [5, 5.41) is 14.4. The minimum Gasteiger partial charge on any atom is -0.235 e. The third-order valence-corrected chi connectivity index (χ3v) is 3.40. The Kier molecular flexibility index (Phi) is 3.10. The lowest BCUT2D eigenvalue weighted by atomic mass is 10.2. The topological polar surface area (TPSA) is 41.6 Å². The van der Waals surface area contributed by atoms with Gasteiger partial charge in [-0.3, -0.25) is 0 Å². The number of hydrogen-bond donors (Lipinski definition) is 0. The van der Waals surface area contributed by atoms with Gasteiger partial charge in [0.25, 0.3) is 0 Å². The average Bonchev–Trinajstić information content (AvgIpc) is 2.56. The maximum absolute atomic E-state index is 9.12. The maximum atomic E-state index is 9.12. The van der Waals surface area contributed by atoms with Crippen LogP contribution in [0.5, 0.6) is 0 Å². The van der Waals surface area contributed by atoms with Gasteiger partial charge < -0.3 is 0 Å². The third-order valence-electron chi connectivity index (χ3n) is 2.53. The molecular formula is C12H9Cl2N3. The lowest BCUT2D eigenvalue weighted by Crippen LogP contribution is -2.02. The van der Waals surface area contributed by atoms with Gasteiger partial charge in [0.2, 0.25) is 0 Å². The van der Waals surface area contributed by atoms with E-state index in [-0.39, 0.29) is 0 Å². The van der Waals surface area contributed by atoms with Crippen LogP contribution in [0, 0.1) is 25.2 Å². The van der Waals surface area contributed by atoms with Gasteiger partial charge in [-0.15, -0.1) is 0 Å². The number of benzene rings is 1. The molecule has 0 aliphatic rings. The number of nitrogens with zero attached hydrogens (tertiary/aromatic N) is 3. The molecule has 0 unspecified atom stereocenters. The number of rotatable bonds is 1. The molecule has 2 rings (SSSR count). The molecule has 17 heavy (non-hydrogen) atoms. The van der Waals surface area contributed by atoms with E-state index in [0.717, 1.165) is 11.4 Å². The molecule has 5 heteroatoms. The van der Waals surface area contributed by atoms with Gasteiger partial charge in [-0.25, -0.2) is 4.68 Å². The highest BCUT2D eigenvalue weighted by Crippen LogP contribution is 2.27. The number of nitriles is 1. The van der Waals surface area contributed by atoms with Crippen molar-refractivity contribution in [2.75, 3.05) is 0 Å². The maximum Gasteiger partial charge on any atom is 0.103 e. The summed E-state index contributed by atoms with van der Waals surface area (Å²) in [6.07, 6.45) is 0. The van der Waals surface area contributed by atoms with Gasteiger partial charge >= 0.3 is 0 Å². The number of hydrogen-bond acceptors (Lipinski definition) is 2. The molecule has 1 aromatic carbocycles. The Morgan fingerprint density at radius 1 is 1.29 bits per heavy atom. The van der Waals surface area contributed by atoms with Crippen molar-refractivity contribution in [1.82, 2.24) is 9.78 Å². The largest absolute Gasteiger partial charge is 0.235 e. The van der Waals surface area contributed by atoms with Crippen LogP contribution in [0.2, 0.25) is 10.0 Å². The third kappa shape index (κ3) is 1.90. The number of halogens is 2. The Hall–Kier alpha value is -1.50. The molecule has 0 atom stereocenters. The Morgan fingerprint density at radius 3 is 2.53 bits per heavy atom. The summed E-state index contributed by atoms with van der Waals surface area (Å²) >= 11 is 12.1. The lowest BCUT2D eigenvalue weighted by Gasteiger charge is -2.07. The van der Waals surface area contributed by atoms with Crippen molar-refractivity contribution in [3.63, 3.8) is 0 Å². The molecule has 0 radical (unpaired) electrons. The minimum absolute atomic E-state index is 0.399. The molecular weight excluding hydrogens is 257 g/mol. The molecule has 0 saturated heterocycles. The van der Waals surface area contributed by atoms with E-state index in [1.165, 1.54) is 0 Å². The molecule has 0 saturated carbocycles. The first kappa shape index (κ1) is 12.0. The van der Waals surface area contributed by atoms with Crippen LogP contribution >= 0.6 is 23.2 Å². The Balaban J connectivity index is 2.74. The quantitative estimate of drug-likeness (QED) is 0.790. The van der Waals surface area contributed by atoms with Crippen molar-refractivity contribution in [3.05, 3.63) is 45.2 Å². The fraction of sp³-hybridized carbons (Fsp3) is 0.167. The summed E-state index contributed by atoms with van der Waals surface area (Å²) in [6.45, 7) is 3.67. The Labute approximate surface area is 109 Å². The molecule has 0 aliphatic carbocycles. The summed E-state index contributed by atoms with van der Waals surface area (Å²) in [6, 6.07) is 7.33. The number of aryl methyl sites for hydroxylation is 1. The zero-order valence-corrected chi connectivity index (χ0v) is 10.8. The average molecular weight is 266 g/mol. The number of aromatic nitrogens is 2. The monoisotopic (exact) mass is 265 g/mol. The summed E-state index contributed by atoms with van der Waals surface area (Å²) in [7, 11) is 0. The molecule has 0 N–H and O–H groups in total. The molecule has 3 nitrogen and oxygen atoms in total. The second kappa shape index (κ2) is 4.40. The van der Waals surface area contributed by atoms with E-state index in [1.54, 1.807) is 22.9 Å². The Morgan fingerprint density at radius 2 is 2.00 bits per heavy atom. The van der Waals surface area contributed by atoms with Crippen LogP contribution < -0.4 is 0 Å². The first-order valence-electron chi connectivity index (χ1n) is 4.97. The summed E-state index contributed by atoms with van der Waals surface area (Å²) in [5.74, 6) is 0. The van der Waals surface area contributed by atoms with Crippen LogP contribution in [-0.4, -0.2) is 9.78 Å². The van der Waals surface area contributed by atoms with E-state index in [9.17, 15) is 0 Å². The van der Waals surface area contributed by atoms with E-state index in [1.807, 2.05) is 13.8 Å². The minimum atomic E-state index is 0.399. The zero-order valence-electron chi connectivity index (χ0n) is 9.33. The van der Waals surface area contributed by atoms with Crippen LogP contribution in [0.15, 0.2) is 18.2 Å². The van der Waals surface area contributed by atoms with Crippen molar-refractivity contribution in [1.29, 1.82) is 5.26 Å². The van der Waals surface area contributed by atoms with E-state index >= 15 is 0 Å². The fourth-order valence-electron chi connectivity index (χ4n) is 1.66. The predicted molar refractivity (Wildman–Crippen MR) is 67.8 cm³/mol. The van der Waals surface area contributed by atoms with E-state index in [2.05, 4.69) is 11.2 Å². The highest BCUT2D eigenvalue weighted by molar-refractivity contribution is 6.32. The second-order valence-electron chi connectivity index (χ2n) is 3.64. The Bertz CT molecular complexity index is 623. The van der Waals surface area contributed by atoms with Crippen molar-refractivity contribution in [2.45, 2.75) is 13.8 Å². The first-order valence-corrected chi connectivity index (χ1v) is 5.72. The highest BCUT2D eigenvalue weighted by Gasteiger charge is 2.14. The molecule has 1 heterocycles. The molecule has 0 fully saturated rings. The van der Waals surface area contributed by atoms with Crippen molar-refractivity contribution in [3.8, 4) is 11.8 Å². The molecule has 0 spiro atoms. The van der Waals surface area contributed by atoms with Crippen molar-refractivity contribution >= 4 is 23.2 Å². The SMILES string of the molecule is Cc1nn(-c2cccc(Cl)c2C#N)c(C)c1Cl. The van der Waals surface area contributed by atoms with Gasteiger partial charge in [-0.05, 0) is 26.0 Å². The van der Waals surface area contributed by atoms with Crippen LogP contribution in [0.25, 0.3) is 5.69 Å². The molecule has 0 amide bonds. The lowest BCUT2D eigenvalue weighted by molar-refractivity contribution is 0.831. The van der Waals surface area contributed by atoms with Crippen LogP contribution in [0.1, 0.15) is 17.0 Å². The van der Waals surface area contributed by atoms with Crippen molar-refractivity contribution in [2.24, 2.45) is 0 Å². The molecule has 0 bridgehead atoms. The molecule has 0 aliphatic heterocycles. The zero-order chi connectivity index (χ0) is 12.6. The van der Waals surface area contributed by atoms with Gasteiger partial charge in [0.15, 0.2) is 0 Å². The normalized spacial score (nSPS) is 10.3. The summed E-state index contributed by atoms with van der Waals surface area (Å²) in [5.41, 5.74) is 2.57. The van der Waals surface area contributed by atoms with Crippen molar-refractivity contribution < 1.29 is 0 Å². The molecule has 1 aromatic heterocycles. The van der Waals surface area contributed by atoms with Gasteiger partial charge in [-0.2, -0.15) is 10.4 Å². The van der Waals surface area contributed by atoms with Gasteiger partial charge in [-0.1, -0.05) is 29.3 Å². The standard InChI is InChI=1S/C12H9Cl2N3/c1-7-12(14)8(2)17(16-7)11-5-3-4-10(13)9(11)6-15/h3-5H,1-2H3. The van der Waals surface area contributed by atoms with Crippen LogP contribution in [-0.2, 0) is 0 Å². The highest BCUT2D eigenvalue weighted by atomic mass is 35.5. The summed E-state index contributed by atoms with van der Waals surface area (Å²) in [4.78, 5) is 0. The van der Waals surface area contributed by atoms with Crippen LogP contribution in [0.4, 0.5) is 0 Å². The second-order valence-corrected chi connectivity index (χ2v) is 4.43. The smallest absolute Gasteiger partial charge is 0.103 e. The van der Waals surface area contributed by atoms with Gasteiger partial charge in [0.05, 0.1) is 32.7 Å². The predicted octanol–water partition coefficient (Wildman–Crippen LogP) is 3.67. The van der Waals surface area contributed by atoms with E-state index in [0.29, 0.717) is 21.3 Å².